The van der Waals surface area contributed by atoms with E-state index in [0.29, 0.717) is 5.56 Å². The van der Waals surface area contributed by atoms with Crippen molar-refractivity contribution in [2.24, 2.45) is 0 Å². The van der Waals surface area contributed by atoms with Gasteiger partial charge in [-0.05, 0) is 36.4 Å². The third-order valence-corrected chi connectivity index (χ3v) is 3.41. The fourth-order valence-corrected chi connectivity index (χ4v) is 1.97. The van der Waals surface area contributed by atoms with Gasteiger partial charge in [-0.25, -0.2) is 5.48 Å². The number of benzene rings is 1. The Morgan fingerprint density at radius 2 is 2.00 bits per heavy atom. The molecule has 0 unspecified atom stereocenters. The van der Waals surface area contributed by atoms with E-state index in [2.05, 4.69) is 10.3 Å². The molecule has 0 aliphatic carbocycles. The summed E-state index contributed by atoms with van der Waals surface area (Å²) in [6.07, 6.45) is 0. The van der Waals surface area contributed by atoms with Crippen LogP contribution in [0.1, 0.15) is 15.9 Å². The monoisotopic (exact) mass is 268 g/mol. The van der Waals surface area contributed by atoms with E-state index in [9.17, 15) is 9.59 Å². The molecule has 0 fully saturated rings. The highest BCUT2D eigenvalue weighted by molar-refractivity contribution is 8.13. The molecule has 1 aromatic rings. The SMILES string of the molecule is CONC(=O)c1ccc(C)c(SC(=O)N(C)C)c1. The lowest BCUT2D eigenvalue weighted by molar-refractivity contribution is 0.0537. The van der Waals surface area contributed by atoms with Gasteiger partial charge in [-0.15, -0.1) is 0 Å². The Balaban J connectivity index is 2.94. The first-order valence-corrected chi connectivity index (χ1v) is 6.10. The third kappa shape index (κ3) is 3.75. The van der Waals surface area contributed by atoms with Crippen LogP contribution >= 0.6 is 11.8 Å². The fourth-order valence-electron chi connectivity index (χ4n) is 1.19. The zero-order chi connectivity index (χ0) is 13.7. The van der Waals surface area contributed by atoms with E-state index in [1.807, 2.05) is 6.92 Å². The molecular weight excluding hydrogens is 252 g/mol. The van der Waals surface area contributed by atoms with Crippen LogP contribution in [0, 0.1) is 6.92 Å². The smallest absolute Gasteiger partial charge is 0.285 e. The molecule has 0 atom stereocenters. The van der Waals surface area contributed by atoms with Crippen LogP contribution in [0.25, 0.3) is 0 Å². The Hall–Kier alpha value is -1.53. The van der Waals surface area contributed by atoms with Crippen molar-refractivity contribution in [1.82, 2.24) is 10.4 Å². The van der Waals surface area contributed by atoms with E-state index >= 15 is 0 Å². The number of rotatable bonds is 3. The summed E-state index contributed by atoms with van der Waals surface area (Å²) in [5.41, 5.74) is 3.64. The van der Waals surface area contributed by atoms with Crippen molar-refractivity contribution in [3.63, 3.8) is 0 Å². The van der Waals surface area contributed by atoms with Gasteiger partial charge in [-0.2, -0.15) is 0 Å². The average molecular weight is 268 g/mol. The van der Waals surface area contributed by atoms with Crippen LogP contribution in [0.3, 0.4) is 0 Å². The van der Waals surface area contributed by atoms with Gasteiger partial charge < -0.3 is 4.90 Å². The van der Waals surface area contributed by atoms with Gasteiger partial charge >= 0.3 is 0 Å². The van der Waals surface area contributed by atoms with Gasteiger partial charge in [0.15, 0.2) is 0 Å². The van der Waals surface area contributed by atoms with E-state index in [4.69, 9.17) is 0 Å². The number of thioether (sulfide) groups is 1. The predicted octanol–water partition coefficient (Wildman–Crippen LogP) is 2.06. The molecule has 2 amide bonds. The van der Waals surface area contributed by atoms with Gasteiger partial charge in [-0.3, -0.25) is 14.4 Å². The molecule has 1 aromatic carbocycles. The Morgan fingerprint density at radius 3 is 2.56 bits per heavy atom. The molecule has 6 heteroatoms. The minimum atomic E-state index is -0.336. The van der Waals surface area contributed by atoms with Crippen LogP contribution < -0.4 is 5.48 Å². The summed E-state index contributed by atoms with van der Waals surface area (Å²) < 4.78 is 0. The Morgan fingerprint density at radius 1 is 1.33 bits per heavy atom. The molecule has 0 saturated carbocycles. The van der Waals surface area contributed by atoms with E-state index in [1.165, 1.54) is 12.0 Å². The summed E-state index contributed by atoms with van der Waals surface area (Å²) >= 11 is 1.09. The number of carbonyl (C=O) groups is 2. The van der Waals surface area contributed by atoms with Crippen LogP contribution in [0.2, 0.25) is 0 Å². The predicted molar refractivity (Wildman–Crippen MR) is 70.6 cm³/mol. The number of carbonyl (C=O) groups excluding carboxylic acids is 2. The van der Waals surface area contributed by atoms with E-state index in [0.717, 1.165) is 22.2 Å². The largest absolute Gasteiger partial charge is 0.339 e. The van der Waals surface area contributed by atoms with Crippen molar-refractivity contribution in [2.75, 3.05) is 21.2 Å². The highest BCUT2D eigenvalue weighted by Gasteiger charge is 2.12. The third-order valence-electron chi connectivity index (χ3n) is 2.21. The van der Waals surface area contributed by atoms with Crippen LogP contribution in [0.4, 0.5) is 4.79 Å². The Bertz CT molecular complexity index is 461. The molecule has 5 nitrogen and oxygen atoms in total. The van der Waals surface area contributed by atoms with Crippen molar-refractivity contribution >= 4 is 22.9 Å². The van der Waals surface area contributed by atoms with Crippen molar-refractivity contribution < 1.29 is 14.4 Å². The Kier molecular flexibility index (Phi) is 5.18. The maximum Gasteiger partial charge on any atom is 0.285 e. The summed E-state index contributed by atoms with van der Waals surface area (Å²) in [5.74, 6) is -0.336. The van der Waals surface area contributed by atoms with E-state index < -0.39 is 0 Å². The highest BCUT2D eigenvalue weighted by Crippen LogP contribution is 2.25. The van der Waals surface area contributed by atoms with Gasteiger partial charge in [0, 0.05) is 24.6 Å². The van der Waals surface area contributed by atoms with Gasteiger partial charge in [-0.1, -0.05) is 6.07 Å². The van der Waals surface area contributed by atoms with Gasteiger partial charge in [0.05, 0.1) is 7.11 Å². The minimum Gasteiger partial charge on any atom is -0.339 e. The molecule has 1 N–H and O–H groups in total. The lowest BCUT2D eigenvalue weighted by Gasteiger charge is -2.11. The molecule has 1 rings (SSSR count). The topological polar surface area (TPSA) is 58.6 Å². The quantitative estimate of drug-likeness (QED) is 0.673. The Labute approximate surface area is 110 Å². The summed E-state index contributed by atoms with van der Waals surface area (Å²) in [4.78, 5) is 30.0. The molecule has 0 heterocycles. The molecule has 18 heavy (non-hydrogen) atoms. The van der Waals surface area contributed by atoms with Crippen LogP contribution in [0.15, 0.2) is 23.1 Å². The normalized spacial score (nSPS) is 10.0. The van der Waals surface area contributed by atoms with Crippen LogP contribution in [0.5, 0.6) is 0 Å². The van der Waals surface area contributed by atoms with Gasteiger partial charge in [0.2, 0.25) is 0 Å². The summed E-state index contributed by atoms with van der Waals surface area (Å²) in [5, 5.41) is -0.0811. The molecule has 0 aliphatic rings. The van der Waals surface area contributed by atoms with Crippen molar-refractivity contribution in [3.8, 4) is 0 Å². The van der Waals surface area contributed by atoms with E-state index in [-0.39, 0.29) is 11.1 Å². The number of hydrogen-bond acceptors (Lipinski definition) is 4. The maximum absolute atomic E-state index is 11.6. The first-order chi connectivity index (χ1) is 8.45. The molecule has 0 bridgehead atoms. The second-order valence-corrected chi connectivity index (χ2v) is 4.87. The van der Waals surface area contributed by atoms with Crippen molar-refractivity contribution in [2.45, 2.75) is 11.8 Å². The molecular formula is C12H16N2O3S. The highest BCUT2D eigenvalue weighted by atomic mass is 32.2. The lowest BCUT2D eigenvalue weighted by atomic mass is 10.1. The molecule has 98 valence electrons. The molecule has 0 aliphatic heterocycles. The summed E-state index contributed by atoms with van der Waals surface area (Å²) in [7, 11) is 4.75. The van der Waals surface area contributed by atoms with Gasteiger partial charge in [0.1, 0.15) is 0 Å². The zero-order valence-electron chi connectivity index (χ0n) is 10.8. The number of aryl methyl sites for hydroxylation is 1. The lowest BCUT2D eigenvalue weighted by Crippen LogP contribution is -2.22. The number of amides is 2. The second-order valence-electron chi connectivity index (χ2n) is 3.88. The van der Waals surface area contributed by atoms with Crippen LogP contribution in [-0.2, 0) is 4.84 Å². The second kappa shape index (κ2) is 6.42. The molecule has 0 aromatic heterocycles. The van der Waals surface area contributed by atoms with Crippen molar-refractivity contribution in [3.05, 3.63) is 29.3 Å². The maximum atomic E-state index is 11.6. The summed E-state index contributed by atoms with van der Waals surface area (Å²) in [6, 6.07) is 5.17. The average Bonchev–Trinajstić information content (AvgIpc) is 2.31. The zero-order valence-corrected chi connectivity index (χ0v) is 11.6. The molecule has 0 radical (unpaired) electrons. The fraction of sp³-hybridized carbons (Fsp3) is 0.333. The van der Waals surface area contributed by atoms with Crippen molar-refractivity contribution in [1.29, 1.82) is 0 Å². The standard InChI is InChI=1S/C12H16N2O3S/c1-8-5-6-9(11(15)13-17-4)7-10(8)18-12(16)14(2)3/h5-7H,1-4H3,(H,13,15). The minimum absolute atomic E-state index is 0.0811. The number of hydrogen-bond donors (Lipinski definition) is 1. The molecule has 0 spiro atoms. The number of hydroxylamine groups is 1. The first kappa shape index (κ1) is 14.5. The van der Waals surface area contributed by atoms with Gasteiger partial charge in [0.25, 0.3) is 11.1 Å². The van der Waals surface area contributed by atoms with E-state index in [1.54, 1.807) is 32.3 Å². The molecule has 0 saturated heterocycles. The van der Waals surface area contributed by atoms with Crippen LogP contribution in [-0.4, -0.2) is 37.3 Å². The number of nitrogens with one attached hydrogen (secondary N) is 1. The first-order valence-electron chi connectivity index (χ1n) is 5.28. The number of nitrogens with zero attached hydrogens (tertiary/aromatic N) is 1. The summed E-state index contributed by atoms with van der Waals surface area (Å²) in [6.45, 7) is 1.89.